The maximum atomic E-state index is 13.0. The molecule has 0 aliphatic carbocycles. The highest BCUT2D eigenvalue weighted by Gasteiger charge is 2.34. The second-order valence-corrected chi connectivity index (χ2v) is 9.00. The zero-order chi connectivity index (χ0) is 23.4. The Balaban J connectivity index is 1.50. The number of hydrogen-bond donors (Lipinski definition) is 1. The van der Waals surface area contributed by atoms with Gasteiger partial charge in [-0.3, -0.25) is 14.6 Å². The summed E-state index contributed by atoms with van der Waals surface area (Å²) in [6, 6.07) is 7.40. The molecule has 2 heterocycles. The number of rotatable bonds is 6. The highest BCUT2D eigenvalue weighted by molar-refractivity contribution is 7.89. The Morgan fingerprint density at radius 1 is 1.12 bits per heavy atom. The number of benzene rings is 1. The number of esters is 1. The van der Waals surface area contributed by atoms with Crippen LogP contribution < -0.4 is 5.32 Å². The predicted octanol–water partition coefficient (Wildman–Crippen LogP) is 2.68. The van der Waals surface area contributed by atoms with Crippen molar-refractivity contribution in [2.24, 2.45) is 5.92 Å². The van der Waals surface area contributed by atoms with Crippen LogP contribution in [-0.4, -0.2) is 49.3 Å². The molecule has 0 spiro atoms. The molecular weight excluding hydrogens is 451 g/mol. The molecule has 0 bridgehead atoms. The minimum Gasteiger partial charge on any atom is -0.455 e. The lowest BCUT2D eigenvalue weighted by molar-refractivity contribution is -0.152. The highest BCUT2D eigenvalue weighted by atomic mass is 32.2. The molecule has 0 radical (unpaired) electrons. The van der Waals surface area contributed by atoms with Gasteiger partial charge in [0.25, 0.3) is 5.91 Å². The molecule has 0 unspecified atom stereocenters. The van der Waals surface area contributed by atoms with E-state index in [9.17, 15) is 31.2 Å². The van der Waals surface area contributed by atoms with E-state index in [1.807, 2.05) is 0 Å². The van der Waals surface area contributed by atoms with E-state index < -0.39 is 51.9 Å². The molecule has 3 rings (SSSR count). The summed E-state index contributed by atoms with van der Waals surface area (Å²) in [4.78, 5) is 28.1. The van der Waals surface area contributed by atoms with Crippen LogP contribution in [0.4, 0.5) is 18.9 Å². The topological polar surface area (TPSA) is 106 Å². The number of ether oxygens (including phenoxy) is 1. The van der Waals surface area contributed by atoms with E-state index in [0.717, 1.165) is 12.1 Å². The second-order valence-electron chi connectivity index (χ2n) is 7.07. The van der Waals surface area contributed by atoms with E-state index >= 15 is 0 Å². The molecule has 1 amide bonds. The minimum atomic E-state index is -4.65. The van der Waals surface area contributed by atoms with E-state index in [0.29, 0.717) is 0 Å². The Morgan fingerprint density at radius 3 is 2.44 bits per heavy atom. The van der Waals surface area contributed by atoms with Gasteiger partial charge in [0.15, 0.2) is 6.61 Å². The number of para-hydroxylation sites is 1. The van der Waals surface area contributed by atoms with Crippen LogP contribution in [0.25, 0.3) is 0 Å². The Kier molecular flexibility index (Phi) is 7.14. The first-order valence-electron chi connectivity index (χ1n) is 9.62. The van der Waals surface area contributed by atoms with E-state index in [4.69, 9.17) is 4.74 Å². The van der Waals surface area contributed by atoms with Crippen molar-refractivity contribution >= 4 is 27.6 Å². The number of nitrogens with zero attached hydrogens (tertiary/aromatic N) is 2. The molecule has 1 saturated heterocycles. The molecule has 1 N–H and O–H groups in total. The molecule has 0 atom stereocenters. The van der Waals surface area contributed by atoms with Crippen molar-refractivity contribution in [1.29, 1.82) is 0 Å². The minimum absolute atomic E-state index is 0.0526. The lowest BCUT2D eigenvalue weighted by Crippen LogP contribution is -2.41. The van der Waals surface area contributed by atoms with Gasteiger partial charge in [-0.25, -0.2) is 8.42 Å². The smallest absolute Gasteiger partial charge is 0.418 e. The van der Waals surface area contributed by atoms with Gasteiger partial charge in [-0.1, -0.05) is 12.1 Å². The predicted molar refractivity (Wildman–Crippen MR) is 107 cm³/mol. The van der Waals surface area contributed by atoms with Gasteiger partial charge < -0.3 is 10.1 Å². The van der Waals surface area contributed by atoms with E-state index in [1.54, 1.807) is 0 Å². The first-order chi connectivity index (χ1) is 15.1. The molecule has 2 aromatic rings. The fraction of sp³-hybridized carbons (Fsp3) is 0.350. The zero-order valence-corrected chi connectivity index (χ0v) is 17.5. The molecule has 1 fully saturated rings. The number of aromatic nitrogens is 1. The van der Waals surface area contributed by atoms with Crippen molar-refractivity contribution in [2.75, 3.05) is 25.0 Å². The van der Waals surface area contributed by atoms with Gasteiger partial charge >= 0.3 is 12.1 Å². The van der Waals surface area contributed by atoms with Crippen molar-refractivity contribution in [3.05, 3.63) is 54.4 Å². The number of anilines is 1. The summed E-state index contributed by atoms with van der Waals surface area (Å²) >= 11 is 0. The van der Waals surface area contributed by atoms with Crippen LogP contribution in [0.3, 0.4) is 0 Å². The molecule has 1 aromatic carbocycles. The Bertz CT molecular complexity index is 1070. The Labute approximate surface area is 182 Å². The third-order valence-corrected chi connectivity index (χ3v) is 6.79. The molecule has 8 nitrogen and oxygen atoms in total. The fourth-order valence-corrected chi connectivity index (χ4v) is 4.70. The van der Waals surface area contributed by atoms with E-state index in [1.165, 1.54) is 41.0 Å². The van der Waals surface area contributed by atoms with Gasteiger partial charge in [-0.2, -0.15) is 17.5 Å². The maximum absolute atomic E-state index is 13.0. The maximum Gasteiger partial charge on any atom is 0.418 e. The van der Waals surface area contributed by atoms with Gasteiger partial charge in [0.2, 0.25) is 10.0 Å². The van der Waals surface area contributed by atoms with Gasteiger partial charge in [0.05, 0.1) is 17.2 Å². The summed E-state index contributed by atoms with van der Waals surface area (Å²) in [7, 11) is -3.72. The number of pyridine rings is 1. The normalized spacial score (nSPS) is 15.8. The number of amides is 1. The molecule has 172 valence electrons. The van der Waals surface area contributed by atoms with Crippen LogP contribution in [0, 0.1) is 5.92 Å². The first kappa shape index (κ1) is 23.7. The van der Waals surface area contributed by atoms with Gasteiger partial charge in [-0.05, 0) is 37.1 Å². The highest BCUT2D eigenvalue weighted by Crippen LogP contribution is 2.34. The summed E-state index contributed by atoms with van der Waals surface area (Å²) in [5.41, 5.74) is -1.45. The summed E-state index contributed by atoms with van der Waals surface area (Å²) in [5.74, 6) is -2.24. The first-order valence-corrected chi connectivity index (χ1v) is 11.1. The molecule has 1 aliphatic heterocycles. The third kappa shape index (κ3) is 5.62. The number of sulfonamides is 1. The van der Waals surface area contributed by atoms with Gasteiger partial charge in [0, 0.05) is 25.5 Å². The monoisotopic (exact) mass is 471 g/mol. The average molecular weight is 471 g/mol. The zero-order valence-electron chi connectivity index (χ0n) is 16.7. The lowest BCUT2D eigenvalue weighted by atomic mass is 9.98. The molecule has 0 saturated carbocycles. The van der Waals surface area contributed by atoms with Crippen LogP contribution in [-0.2, 0) is 30.5 Å². The fourth-order valence-electron chi connectivity index (χ4n) is 3.26. The Hall–Kier alpha value is -2.99. The van der Waals surface area contributed by atoms with Gasteiger partial charge in [0.1, 0.15) is 4.90 Å². The van der Waals surface area contributed by atoms with Crippen LogP contribution in [0.15, 0.2) is 53.7 Å². The number of carbonyl (C=O) groups is 2. The van der Waals surface area contributed by atoms with E-state index in [2.05, 4.69) is 10.3 Å². The lowest BCUT2D eigenvalue weighted by Gasteiger charge is -2.29. The van der Waals surface area contributed by atoms with Crippen molar-refractivity contribution in [2.45, 2.75) is 23.9 Å². The number of alkyl halides is 3. The summed E-state index contributed by atoms with van der Waals surface area (Å²) in [6.45, 7) is -0.580. The van der Waals surface area contributed by atoms with Crippen molar-refractivity contribution < 1.29 is 35.9 Å². The Morgan fingerprint density at radius 2 is 1.81 bits per heavy atom. The standard InChI is InChI=1S/C20H20F3N3O5S/c21-20(22,23)16-5-1-2-6-17(16)25-18(27)13-31-19(28)14-7-10-26(11-8-14)32(29,30)15-4-3-9-24-12-15/h1-6,9,12,14H,7-8,10-11,13H2,(H,25,27). The number of nitrogens with one attached hydrogen (secondary N) is 1. The number of carbonyl (C=O) groups excluding carboxylic acids is 2. The molecule has 1 aromatic heterocycles. The summed E-state index contributed by atoms with van der Waals surface area (Å²) in [5, 5.41) is 2.09. The quantitative estimate of drug-likeness (QED) is 0.650. The van der Waals surface area contributed by atoms with Crippen LogP contribution in [0.1, 0.15) is 18.4 Å². The van der Waals surface area contributed by atoms with Crippen molar-refractivity contribution in [1.82, 2.24) is 9.29 Å². The largest absolute Gasteiger partial charge is 0.455 e. The number of hydrogen-bond acceptors (Lipinski definition) is 6. The van der Waals surface area contributed by atoms with Gasteiger partial charge in [-0.15, -0.1) is 0 Å². The van der Waals surface area contributed by atoms with Crippen LogP contribution in [0.2, 0.25) is 0 Å². The average Bonchev–Trinajstić information content (AvgIpc) is 2.78. The number of halogens is 3. The van der Waals surface area contributed by atoms with Crippen LogP contribution in [0.5, 0.6) is 0 Å². The number of piperidine rings is 1. The SMILES string of the molecule is O=C(COC(=O)C1CCN(S(=O)(=O)c2cccnc2)CC1)Nc1ccccc1C(F)(F)F. The molecular formula is C20H20F3N3O5S. The summed E-state index contributed by atoms with van der Waals surface area (Å²) in [6.07, 6.45) is -1.57. The van der Waals surface area contributed by atoms with Crippen LogP contribution >= 0.6 is 0 Å². The van der Waals surface area contributed by atoms with Crippen molar-refractivity contribution in [3.8, 4) is 0 Å². The summed E-state index contributed by atoms with van der Waals surface area (Å²) < 4.78 is 70.3. The van der Waals surface area contributed by atoms with Crippen molar-refractivity contribution in [3.63, 3.8) is 0 Å². The van der Waals surface area contributed by atoms with E-state index in [-0.39, 0.29) is 30.8 Å². The second kappa shape index (κ2) is 9.65. The third-order valence-electron chi connectivity index (χ3n) is 4.91. The molecule has 12 heteroatoms. The molecule has 1 aliphatic rings. The molecule has 32 heavy (non-hydrogen) atoms.